The van der Waals surface area contributed by atoms with Crippen LogP contribution < -0.4 is 5.32 Å². The van der Waals surface area contributed by atoms with Gasteiger partial charge in [0.05, 0.1) is 24.0 Å². The minimum absolute atomic E-state index is 0.187. The largest absolute Gasteiger partial charge is 0.298 e. The monoisotopic (exact) mass is 312 g/mol. The molecule has 5 nitrogen and oxygen atoms in total. The lowest BCUT2D eigenvalue weighted by molar-refractivity contribution is 0.102. The SMILES string of the molecule is Cc1nc(NC(=O)c2cnn(Cc3ccccc3)c2)sc1C. The molecule has 2 heterocycles. The van der Waals surface area contributed by atoms with Gasteiger partial charge in [-0.05, 0) is 19.4 Å². The number of aromatic nitrogens is 3. The standard InChI is InChI=1S/C16H16N4OS/c1-11-12(2)22-16(18-11)19-15(21)14-8-17-20(10-14)9-13-6-4-3-5-7-13/h3-8,10H,9H2,1-2H3,(H,18,19,21). The Morgan fingerprint density at radius 3 is 2.73 bits per heavy atom. The molecular formula is C16H16N4OS. The highest BCUT2D eigenvalue weighted by atomic mass is 32.1. The summed E-state index contributed by atoms with van der Waals surface area (Å²) < 4.78 is 1.75. The van der Waals surface area contributed by atoms with Crippen LogP contribution in [0, 0.1) is 13.8 Å². The van der Waals surface area contributed by atoms with E-state index in [-0.39, 0.29) is 5.91 Å². The van der Waals surface area contributed by atoms with Crippen molar-refractivity contribution in [2.24, 2.45) is 0 Å². The number of carbonyl (C=O) groups excluding carboxylic acids is 1. The van der Waals surface area contributed by atoms with Crippen LogP contribution in [0.15, 0.2) is 42.7 Å². The maximum atomic E-state index is 12.2. The summed E-state index contributed by atoms with van der Waals surface area (Å²) in [4.78, 5) is 17.6. The highest BCUT2D eigenvalue weighted by molar-refractivity contribution is 7.15. The molecule has 0 aliphatic carbocycles. The van der Waals surface area contributed by atoms with Crippen molar-refractivity contribution in [1.82, 2.24) is 14.8 Å². The highest BCUT2D eigenvalue weighted by Gasteiger charge is 2.12. The van der Waals surface area contributed by atoms with E-state index in [9.17, 15) is 4.79 Å². The predicted molar refractivity (Wildman–Crippen MR) is 87.3 cm³/mol. The number of thiazole rings is 1. The minimum Gasteiger partial charge on any atom is -0.298 e. The van der Waals surface area contributed by atoms with Gasteiger partial charge in [-0.1, -0.05) is 30.3 Å². The Labute approximate surface area is 132 Å². The van der Waals surface area contributed by atoms with Crippen LogP contribution in [0.4, 0.5) is 5.13 Å². The number of nitrogens with zero attached hydrogens (tertiary/aromatic N) is 3. The fraction of sp³-hybridized carbons (Fsp3) is 0.188. The summed E-state index contributed by atoms with van der Waals surface area (Å²) in [6, 6.07) is 10.0. The Morgan fingerprint density at radius 1 is 1.27 bits per heavy atom. The van der Waals surface area contributed by atoms with Gasteiger partial charge in [0.2, 0.25) is 0 Å². The van der Waals surface area contributed by atoms with Crippen LogP contribution in [0.2, 0.25) is 0 Å². The number of benzene rings is 1. The molecule has 0 atom stereocenters. The molecule has 22 heavy (non-hydrogen) atoms. The Bertz CT molecular complexity index is 772. The topological polar surface area (TPSA) is 59.8 Å². The van der Waals surface area contributed by atoms with Crippen LogP contribution in [0.5, 0.6) is 0 Å². The third-order valence-corrected chi connectivity index (χ3v) is 4.32. The van der Waals surface area contributed by atoms with Gasteiger partial charge in [0.25, 0.3) is 5.91 Å². The number of aryl methyl sites for hydroxylation is 2. The van der Waals surface area contributed by atoms with Crippen molar-refractivity contribution in [3.05, 3.63) is 64.4 Å². The first-order valence-electron chi connectivity index (χ1n) is 6.93. The molecule has 0 aliphatic rings. The van der Waals surface area contributed by atoms with Crippen molar-refractivity contribution in [2.75, 3.05) is 5.32 Å². The molecule has 0 saturated heterocycles. The number of hydrogen-bond acceptors (Lipinski definition) is 4. The van der Waals surface area contributed by atoms with Crippen LogP contribution >= 0.6 is 11.3 Å². The van der Waals surface area contributed by atoms with Crippen LogP contribution in [0.25, 0.3) is 0 Å². The first-order valence-corrected chi connectivity index (χ1v) is 7.75. The Morgan fingerprint density at radius 2 is 2.05 bits per heavy atom. The maximum absolute atomic E-state index is 12.2. The van der Waals surface area contributed by atoms with Gasteiger partial charge in [0, 0.05) is 11.1 Å². The van der Waals surface area contributed by atoms with Gasteiger partial charge in [0.1, 0.15) is 0 Å². The molecule has 1 N–H and O–H groups in total. The van der Waals surface area contributed by atoms with E-state index >= 15 is 0 Å². The summed E-state index contributed by atoms with van der Waals surface area (Å²) in [5.74, 6) is -0.187. The van der Waals surface area contributed by atoms with Crippen molar-refractivity contribution in [1.29, 1.82) is 0 Å². The van der Waals surface area contributed by atoms with E-state index in [1.54, 1.807) is 17.1 Å². The van der Waals surface area contributed by atoms with Crippen LogP contribution in [-0.2, 0) is 6.54 Å². The van der Waals surface area contributed by atoms with E-state index in [0.717, 1.165) is 16.1 Å². The summed E-state index contributed by atoms with van der Waals surface area (Å²) in [5, 5.41) is 7.67. The van der Waals surface area contributed by atoms with Crippen LogP contribution in [-0.4, -0.2) is 20.7 Å². The number of hydrogen-bond donors (Lipinski definition) is 1. The second kappa shape index (κ2) is 6.11. The number of nitrogens with one attached hydrogen (secondary N) is 1. The molecule has 0 radical (unpaired) electrons. The summed E-state index contributed by atoms with van der Waals surface area (Å²) in [5.41, 5.74) is 2.62. The van der Waals surface area contributed by atoms with Gasteiger partial charge in [-0.3, -0.25) is 14.8 Å². The number of anilines is 1. The molecule has 3 aromatic rings. The quantitative estimate of drug-likeness (QED) is 0.804. The lowest BCUT2D eigenvalue weighted by Crippen LogP contribution is -2.11. The van der Waals surface area contributed by atoms with Gasteiger partial charge in [-0.25, -0.2) is 4.98 Å². The molecule has 1 aromatic carbocycles. The van der Waals surface area contributed by atoms with Crippen molar-refractivity contribution < 1.29 is 4.79 Å². The van der Waals surface area contributed by atoms with E-state index in [1.807, 2.05) is 44.2 Å². The van der Waals surface area contributed by atoms with Crippen LogP contribution in [0.1, 0.15) is 26.5 Å². The van der Waals surface area contributed by atoms with Gasteiger partial charge in [-0.2, -0.15) is 5.10 Å². The van der Waals surface area contributed by atoms with E-state index in [0.29, 0.717) is 17.2 Å². The molecule has 0 saturated carbocycles. The Hall–Kier alpha value is -2.47. The molecule has 0 bridgehead atoms. The number of carbonyl (C=O) groups is 1. The lowest BCUT2D eigenvalue weighted by Gasteiger charge is -2.01. The highest BCUT2D eigenvalue weighted by Crippen LogP contribution is 2.21. The first kappa shape index (κ1) is 14.5. The predicted octanol–water partition coefficient (Wildman–Crippen LogP) is 3.26. The summed E-state index contributed by atoms with van der Waals surface area (Å²) in [6.07, 6.45) is 3.32. The molecule has 3 rings (SSSR count). The lowest BCUT2D eigenvalue weighted by atomic mass is 10.2. The fourth-order valence-corrected chi connectivity index (χ4v) is 2.84. The third-order valence-electron chi connectivity index (χ3n) is 3.33. The Balaban J connectivity index is 1.69. The van der Waals surface area contributed by atoms with E-state index in [2.05, 4.69) is 15.4 Å². The van der Waals surface area contributed by atoms with Crippen molar-refractivity contribution in [3.63, 3.8) is 0 Å². The summed E-state index contributed by atoms with van der Waals surface area (Å²) >= 11 is 1.48. The molecule has 1 amide bonds. The molecular weight excluding hydrogens is 296 g/mol. The maximum Gasteiger partial charge on any atom is 0.260 e. The van der Waals surface area contributed by atoms with E-state index in [1.165, 1.54) is 11.3 Å². The first-order chi connectivity index (χ1) is 10.6. The summed E-state index contributed by atoms with van der Waals surface area (Å²) in [6.45, 7) is 4.56. The van der Waals surface area contributed by atoms with E-state index < -0.39 is 0 Å². The molecule has 112 valence electrons. The van der Waals surface area contributed by atoms with Crippen molar-refractivity contribution in [2.45, 2.75) is 20.4 Å². The van der Waals surface area contributed by atoms with Gasteiger partial charge in [-0.15, -0.1) is 11.3 Å². The van der Waals surface area contributed by atoms with Gasteiger partial charge < -0.3 is 0 Å². The molecule has 0 spiro atoms. The van der Waals surface area contributed by atoms with E-state index in [4.69, 9.17) is 0 Å². The number of rotatable bonds is 4. The molecule has 0 aliphatic heterocycles. The zero-order chi connectivity index (χ0) is 15.5. The molecule has 0 unspecified atom stereocenters. The van der Waals surface area contributed by atoms with Crippen molar-refractivity contribution in [3.8, 4) is 0 Å². The van der Waals surface area contributed by atoms with Crippen molar-refractivity contribution >= 4 is 22.4 Å². The van der Waals surface area contributed by atoms with Gasteiger partial charge in [0.15, 0.2) is 5.13 Å². The zero-order valence-corrected chi connectivity index (χ0v) is 13.2. The zero-order valence-electron chi connectivity index (χ0n) is 12.4. The van der Waals surface area contributed by atoms with Crippen LogP contribution in [0.3, 0.4) is 0 Å². The smallest absolute Gasteiger partial charge is 0.260 e. The molecule has 2 aromatic heterocycles. The average molecular weight is 312 g/mol. The second-order valence-electron chi connectivity index (χ2n) is 5.03. The summed E-state index contributed by atoms with van der Waals surface area (Å²) in [7, 11) is 0. The molecule has 6 heteroatoms. The fourth-order valence-electron chi connectivity index (χ4n) is 2.03. The van der Waals surface area contributed by atoms with Gasteiger partial charge >= 0.3 is 0 Å². The molecule has 0 fully saturated rings. The average Bonchev–Trinajstić information content (AvgIpc) is 3.08. The minimum atomic E-state index is -0.187. The second-order valence-corrected chi connectivity index (χ2v) is 6.23. The third kappa shape index (κ3) is 3.23. The number of amides is 1. The normalized spacial score (nSPS) is 10.6. The Kier molecular flexibility index (Phi) is 4.02.